The molecule has 0 amide bonds. The molecule has 0 saturated carbocycles. The molecule has 0 heterocycles. The van der Waals surface area contributed by atoms with Crippen LogP contribution in [0, 0.1) is 11.6 Å². The predicted molar refractivity (Wildman–Crippen MR) is 58.9 cm³/mol. The normalized spacial score (nSPS) is 10.6. The molecule has 80 valence electrons. The van der Waals surface area contributed by atoms with Gasteiger partial charge >= 0.3 is 0 Å². The van der Waals surface area contributed by atoms with Gasteiger partial charge in [-0.2, -0.15) is 5.10 Å². The number of thiocarbonyl (C=S) groups is 1. The van der Waals surface area contributed by atoms with Crippen LogP contribution >= 0.6 is 23.8 Å². The van der Waals surface area contributed by atoms with Crippen LogP contribution in [0.3, 0.4) is 0 Å². The standard InChI is InChI=1S/C8H6ClF2N3S/c9-5-2-1-4(6(10)7(5)11)3-13-14-8(12)15/h1-3H,(H3,12,14,15). The van der Waals surface area contributed by atoms with Crippen molar-refractivity contribution in [2.45, 2.75) is 0 Å². The van der Waals surface area contributed by atoms with Gasteiger partial charge in [0, 0.05) is 5.56 Å². The summed E-state index contributed by atoms with van der Waals surface area (Å²) in [7, 11) is 0. The van der Waals surface area contributed by atoms with Gasteiger partial charge in [-0.1, -0.05) is 11.6 Å². The molecule has 0 aliphatic rings. The number of nitrogens with two attached hydrogens (primary N) is 1. The van der Waals surface area contributed by atoms with Gasteiger partial charge in [-0.3, -0.25) is 5.43 Å². The maximum atomic E-state index is 13.1. The van der Waals surface area contributed by atoms with E-state index in [1.165, 1.54) is 12.1 Å². The maximum absolute atomic E-state index is 13.1. The highest BCUT2D eigenvalue weighted by Crippen LogP contribution is 2.19. The highest BCUT2D eigenvalue weighted by molar-refractivity contribution is 7.80. The zero-order chi connectivity index (χ0) is 11.4. The molecule has 0 radical (unpaired) electrons. The number of benzene rings is 1. The van der Waals surface area contributed by atoms with Gasteiger partial charge in [-0.25, -0.2) is 8.78 Å². The summed E-state index contributed by atoms with van der Waals surface area (Å²) >= 11 is 9.81. The summed E-state index contributed by atoms with van der Waals surface area (Å²) in [6.45, 7) is 0. The van der Waals surface area contributed by atoms with E-state index in [0.29, 0.717) is 0 Å². The number of halogens is 3. The van der Waals surface area contributed by atoms with Gasteiger partial charge in [-0.05, 0) is 24.4 Å². The predicted octanol–water partition coefficient (Wildman–Crippen LogP) is 1.79. The zero-order valence-corrected chi connectivity index (χ0v) is 8.87. The number of hydrogen-bond donors (Lipinski definition) is 2. The lowest BCUT2D eigenvalue weighted by Crippen LogP contribution is -2.24. The van der Waals surface area contributed by atoms with Gasteiger partial charge in [0.25, 0.3) is 0 Å². The molecule has 0 bridgehead atoms. The van der Waals surface area contributed by atoms with E-state index in [0.717, 1.165) is 6.21 Å². The van der Waals surface area contributed by atoms with E-state index in [-0.39, 0.29) is 15.7 Å². The molecule has 7 heteroatoms. The third kappa shape index (κ3) is 3.10. The first-order valence-corrected chi connectivity index (χ1v) is 4.53. The molecule has 3 nitrogen and oxygen atoms in total. The summed E-state index contributed by atoms with van der Waals surface area (Å²) in [5, 5.41) is 3.13. The molecule has 0 spiro atoms. The van der Waals surface area contributed by atoms with Crippen molar-refractivity contribution in [2.24, 2.45) is 10.8 Å². The van der Waals surface area contributed by atoms with E-state index < -0.39 is 11.6 Å². The van der Waals surface area contributed by atoms with Crippen LogP contribution in [0.2, 0.25) is 5.02 Å². The molecule has 1 aromatic carbocycles. The Morgan fingerprint density at radius 3 is 2.73 bits per heavy atom. The molecule has 0 fully saturated rings. The van der Waals surface area contributed by atoms with Crippen LogP contribution in [0.1, 0.15) is 5.56 Å². The van der Waals surface area contributed by atoms with Crippen LogP contribution in [-0.2, 0) is 0 Å². The van der Waals surface area contributed by atoms with Gasteiger partial charge < -0.3 is 5.73 Å². The monoisotopic (exact) mass is 249 g/mol. The number of hydrogen-bond acceptors (Lipinski definition) is 2. The number of nitrogens with zero attached hydrogens (tertiary/aromatic N) is 1. The van der Waals surface area contributed by atoms with Crippen LogP contribution in [-0.4, -0.2) is 11.3 Å². The van der Waals surface area contributed by atoms with E-state index in [1.54, 1.807) is 0 Å². The molecule has 0 aliphatic carbocycles. The number of nitrogens with one attached hydrogen (secondary N) is 1. The average molecular weight is 250 g/mol. The van der Waals surface area contributed by atoms with Crippen molar-refractivity contribution >= 4 is 35.1 Å². The summed E-state index contributed by atoms with van der Waals surface area (Å²) in [5.74, 6) is -2.19. The zero-order valence-electron chi connectivity index (χ0n) is 7.30. The lowest BCUT2D eigenvalue weighted by molar-refractivity contribution is 0.508. The Kier molecular flexibility index (Phi) is 3.93. The number of hydrazone groups is 1. The summed E-state index contributed by atoms with van der Waals surface area (Å²) in [6.07, 6.45) is 1.05. The van der Waals surface area contributed by atoms with Crippen LogP contribution < -0.4 is 11.2 Å². The molecule has 1 aromatic rings. The van der Waals surface area contributed by atoms with Gasteiger partial charge in [0.1, 0.15) is 0 Å². The largest absolute Gasteiger partial charge is 0.375 e. The highest BCUT2D eigenvalue weighted by atomic mass is 35.5. The van der Waals surface area contributed by atoms with Crippen LogP contribution in [0.5, 0.6) is 0 Å². The molecule has 1 rings (SSSR count). The second-order valence-electron chi connectivity index (χ2n) is 2.50. The summed E-state index contributed by atoms with van der Waals surface area (Å²) in [5.41, 5.74) is 7.22. The van der Waals surface area contributed by atoms with Crippen LogP contribution in [0.15, 0.2) is 17.2 Å². The third-order valence-electron chi connectivity index (χ3n) is 1.44. The maximum Gasteiger partial charge on any atom is 0.184 e. The molecule has 0 aliphatic heterocycles. The molecular formula is C8H6ClF2N3S. The quantitative estimate of drug-likeness (QED) is 0.364. The van der Waals surface area contributed by atoms with Crippen molar-refractivity contribution in [3.05, 3.63) is 34.4 Å². The first kappa shape index (κ1) is 11.8. The minimum Gasteiger partial charge on any atom is -0.375 e. The van der Waals surface area contributed by atoms with E-state index in [1.807, 2.05) is 0 Å². The third-order valence-corrected chi connectivity index (χ3v) is 1.83. The van der Waals surface area contributed by atoms with Gasteiger partial charge in [0.15, 0.2) is 16.7 Å². The summed E-state index contributed by atoms with van der Waals surface area (Å²) in [6, 6.07) is 2.51. The SMILES string of the molecule is NC(=S)NN=Cc1ccc(Cl)c(F)c1F. The van der Waals surface area contributed by atoms with E-state index in [9.17, 15) is 8.78 Å². The Labute approximate surface area is 94.9 Å². The van der Waals surface area contributed by atoms with Crippen molar-refractivity contribution in [1.82, 2.24) is 5.43 Å². The molecule has 15 heavy (non-hydrogen) atoms. The van der Waals surface area contributed by atoms with Gasteiger partial charge in [0.2, 0.25) is 0 Å². The minimum absolute atomic E-state index is 0.0550. The Balaban J connectivity index is 2.92. The van der Waals surface area contributed by atoms with Crippen molar-refractivity contribution in [1.29, 1.82) is 0 Å². The lowest BCUT2D eigenvalue weighted by atomic mass is 10.2. The topological polar surface area (TPSA) is 50.4 Å². The summed E-state index contributed by atoms with van der Waals surface area (Å²) < 4.78 is 26.1. The first-order chi connectivity index (χ1) is 7.02. The minimum atomic E-state index is -1.11. The Hall–Kier alpha value is -1.27. The first-order valence-electron chi connectivity index (χ1n) is 3.74. The smallest absolute Gasteiger partial charge is 0.184 e. The van der Waals surface area contributed by atoms with Crippen molar-refractivity contribution in [2.75, 3.05) is 0 Å². The highest BCUT2D eigenvalue weighted by Gasteiger charge is 2.10. The molecule has 0 saturated heterocycles. The Morgan fingerprint density at radius 2 is 2.13 bits per heavy atom. The lowest BCUT2D eigenvalue weighted by Gasteiger charge is -1.99. The van der Waals surface area contributed by atoms with Gasteiger partial charge in [0.05, 0.1) is 11.2 Å². The molecular weight excluding hydrogens is 244 g/mol. The molecule has 3 N–H and O–H groups in total. The summed E-state index contributed by atoms with van der Waals surface area (Å²) in [4.78, 5) is 0. The molecule has 0 atom stereocenters. The van der Waals surface area contributed by atoms with Crippen molar-refractivity contribution < 1.29 is 8.78 Å². The van der Waals surface area contributed by atoms with Gasteiger partial charge in [-0.15, -0.1) is 0 Å². The Morgan fingerprint density at radius 1 is 1.47 bits per heavy atom. The molecule has 0 unspecified atom stereocenters. The van der Waals surface area contributed by atoms with Crippen molar-refractivity contribution in [3.63, 3.8) is 0 Å². The second kappa shape index (κ2) is 4.99. The fourth-order valence-electron chi connectivity index (χ4n) is 0.806. The number of rotatable bonds is 2. The fraction of sp³-hybridized carbons (Fsp3) is 0. The van der Waals surface area contributed by atoms with E-state index >= 15 is 0 Å². The van der Waals surface area contributed by atoms with Crippen molar-refractivity contribution in [3.8, 4) is 0 Å². The second-order valence-corrected chi connectivity index (χ2v) is 3.35. The van der Waals surface area contributed by atoms with E-state index in [4.69, 9.17) is 17.3 Å². The fourth-order valence-corrected chi connectivity index (χ4v) is 1.00. The average Bonchev–Trinajstić information content (AvgIpc) is 2.18. The van der Waals surface area contributed by atoms with Crippen LogP contribution in [0.25, 0.3) is 0 Å². The Bertz CT molecular complexity index is 423. The van der Waals surface area contributed by atoms with Crippen LogP contribution in [0.4, 0.5) is 8.78 Å². The van der Waals surface area contributed by atoms with E-state index in [2.05, 4.69) is 22.7 Å². The molecule has 0 aromatic heterocycles.